The van der Waals surface area contributed by atoms with Gasteiger partial charge in [0.1, 0.15) is 5.54 Å². The molecule has 0 aliphatic heterocycles. The van der Waals surface area contributed by atoms with Crippen molar-refractivity contribution in [1.29, 1.82) is 0 Å². The molecule has 0 fully saturated rings. The van der Waals surface area contributed by atoms with Gasteiger partial charge in [0.25, 0.3) is 0 Å². The Morgan fingerprint density at radius 1 is 1.00 bits per heavy atom. The molecule has 5 nitrogen and oxygen atoms in total. The van der Waals surface area contributed by atoms with Gasteiger partial charge in [0.05, 0.1) is 6.54 Å². The molecule has 0 bridgehead atoms. The second kappa shape index (κ2) is 10.6. The molecular weight excluding hydrogens is 268 g/mol. The first-order valence-corrected chi connectivity index (χ1v) is 8.23. The standard InChI is InChI=1S/C16H32N2O3/c1-5-9-11-18(12-10-6-2)14(19)13-17-16(7-3,8-4)15(20)21/h17H,5-13H2,1-4H3,(H,20,21). The largest absolute Gasteiger partial charge is 0.480 e. The highest BCUT2D eigenvalue weighted by Crippen LogP contribution is 2.15. The van der Waals surface area contributed by atoms with Gasteiger partial charge in [0, 0.05) is 13.1 Å². The van der Waals surface area contributed by atoms with Gasteiger partial charge >= 0.3 is 5.97 Å². The maximum Gasteiger partial charge on any atom is 0.323 e. The van der Waals surface area contributed by atoms with Crippen LogP contribution in [-0.2, 0) is 9.59 Å². The number of aliphatic carboxylic acids is 1. The molecule has 0 saturated carbocycles. The van der Waals surface area contributed by atoms with Gasteiger partial charge < -0.3 is 10.0 Å². The Labute approximate surface area is 129 Å². The van der Waals surface area contributed by atoms with Gasteiger partial charge in [-0.3, -0.25) is 14.9 Å². The Bertz CT molecular complexity index is 307. The van der Waals surface area contributed by atoms with Crippen molar-refractivity contribution in [3.8, 4) is 0 Å². The maximum absolute atomic E-state index is 12.3. The van der Waals surface area contributed by atoms with Gasteiger partial charge in [0.2, 0.25) is 5.91 Å². The molecule has 124 valence electrons. The Balaban J connectivity index is 4.61. The number of carboxylic acids is 1. The van der Waals surface area contributed by atoms with Crippen molar-refractivity contribution in [3.63, 3.8) is 0 Å². The predicted molar refractivity (Wildman–Crippen MR) is 85.3 cm³/mol. The van der Waals surface area contributed by atoms with Gasteiger partial charge in [0.15, 0.2) is 0 Å². The fourth-order valence-electron chi connectivity index (χ4n) is 2.29. The number of nitrogens with zero attached hydrogens (tertiary/aromatic N) is 1. The van der Waals surface area contributed by atoms with Crippen LogP contribution in [0.1, 0.15) is 66.2 Å². The van der Waals surface area contributed by atoms with E-state index in [2.05, 4.69) is 19.2 Å². The van der Waals surface area contributed by atoms with Crippen molar-refractivity contribution in [2.24, 2.45) is 0 Å². The molecule has 1 amide bonds. The molecule has 0 aromatic rings. The summed E-state index contributed by atoms with van der Waals surface area (Å²) >= 11 is 0. The van der Waals surface area contributed by atoms with Crippen molar-refractivity contribution in [2.45, 2.75) is 71.8 Å². The fraction of sp³-hybridized carbons (Fsp3) is 0.875. The van der Waals surface area contributed by atoms with Crippen LogP contribution in [0.25, 0.3) is 0 Å². The molecule has 21 heavy (non-hydrogen) atoms. The van der Waals surface area contributed by atoms with Crippen molar-refractivity contribution in [1.82, 2.24) is 10.2 Å². The van der Waals surface area contributed by atoms with Crippen LogP contribution >= 0.6 is 0 Å². The minimum absolute atomic E-state index is 0.00410. The summed E-state index contributed by atoms with van der Waals surface area (Å²) in [6, 6.07) is 0. The number of carbonyl (C=O) groups excluding carboxylic acids is 1. The third-order valence-electron chi connectivity index (χ3n) is 4.11. The third-order valence-corrected chi connectivity index (χ3v) is 4.11. The summed E-state index contributed by atoms with van der Waals surface area (Å²) in [6.45, 7) is 9.49. The van der Waals surface area contributed by atoms with Crippen molar-refractivity contribution in [2.75, 3.05) is 19.6 Å². The quantitative estimate of drug-likeness (QED) is 0.581. The molecule has 0 unspecified atom stereocenters. The van der Waals surface area contributed by atoms with E-state index in [1.807, 2.05) is 18.7 Å². The van der Waals surface area contributed by atoms with Crippen molar-refractivity contribution < 1.29 is 14.7 Å². The van der Waals surface area contributed by atoms with Gasteiger partial charge in [-0.1, -0.05) is 40.5 Å². The SMILES string of the molecule is CCCCN(CCCC)C(=O)CNC(CC)(CC)C(=O)O. The summed E-state index contributed by atoms with van der Waals surface area (Å²) < 4.78 is 0. The highest BCUT2D eigenvalue weighted by molar-refractivity contribution is 5.82. The average Bonchev–Trinajstić information content (AvgIpc) is 2.48. The highest BCUT2D eigenvalue weighted by Gasteiger charge is 2.35. The van der Waals surface area contributed by atoms with Gasteiger partial charge in [-0.2, -0.15) is 0 Å². The van der Waals surface area contributed by atoms with Gasteiger partial charge in [-0.25, -0.2) is 0 Å². The van der Waals surface area contributed by atoms with Crippen molar-refractivity contribution >= 4 is 11.9 Å². The molecule has 2 N–H and O–H groups in total. The Hall–Kier alpha value is -1.10. The van der Waals surface area contributed by atoms with Crippen LogP contribution in [0, 0.1) is 0 Å². The number of hydrogen-bond donors (Lipinski definition) is 2. The Kier molecular flexibility index (Phi) is 10.0. The first-order valence-electron chi connectivity index (χ1n) is 8.23. The molecule has 0 aromatic heterocycles. The summed E-state index contributed by atoms with van der Waals surface area (Å²) in [4.78, 5) is 25.6. The van der Waals surface area contributed by atoms with E-state index in [-0.39, 0.29) is 12.5 Å². The van der Waals surface area contributed by atoms with E-state index in [4.69, 9.17) is 0 Å². The zero-order valence-corrected chi connectivity index (χ0v) is 14.1. The van der Waals surface area contributed by atoms with E-state index >= 15 is 0 Å². The van der Waals surface area contributed by atoms with Crippen LogP contribution in [0.4, 0.5) is 0 Å². The zero-order chi connectivity index (χ0) is 16.3. The molecule has 0 atom stereocenters. The minimum atomic E-state index is -0.989. The Morgan fingerprint density at radius 2 is 1.48 bits per heavy atom. The number of carbonyl (C=O) groups is 2. The topological polar surface area (TPSA) is 69.6 Å². The minimum Gasteiger partial charge on any atom is -0.480 e. The molecule has 0 aliphatic rings. The van der Waals surface area contributed by atoms with Gasteiger partial charge in [-0.05, 0) is 25.7 Å². The van der Waals surface area contributed by atoms with Crippen LogP contribution in [0.2, 0.25) is 0 Å². The number of amides is 1. The molecule has 0 saturated heterocycles. The van der Waals surface area contributed by atoms with Crippen molar-refractivity contribution in [3.05, 3.63) is 0 Å². The summed E-state index contributed by atoms with van der Waals surface area (Å²) in [5.74, 6) is -0.876. The second-order valence-electron chi connectivity index (χ2n) is 5.54. The molecule has 0 heterocycles. The van der Waals surface area contributed by atoms with Crippen LogP contribution in [0.5, 0.6) is 0 Å². The van der Waals surface area contributed by atoms with E-state index in [1.165, 1.54) is 0 Å². The normalized spacial score (nSPS) is 11.4. The smallest absolute Gasteiger partial charge is 0.323 e. The first kappa shape index (κ1) is 19.9. The van der Waals surface area contributed by atoms with Crippen LogP contribution in [0.15, 0.2) is 0 Å². The highest BCUT2D eigenvalue weighted by atomic mass is 16.4. The maximum atomic E-state index is 12.3. The fourth-order valence-corrected chi connectivity index (χ4v) is 2.29. The van der Waals surface area contributed by atoms with E-state index in [0.717, 1.165) is 38.8 Å². The first-order chi connectivity index (χ1) is 9.97. The lowest BCUT2D eigenvalue weighted by Gasteiger charge is -2.30. The van der Waals surface area contributed by atoms with E-state index in [1.54, 1.807) is 0 Å². The number of unbranched alkanes of at least 4 members (excludes halogenated alkanes) is 2. The van der Waals surface area contributed by atoms with Gasteiger partial charge in [-0.15, -0.1) is 0 Å². The number of hydrogen-bond acceptors (Lipinski definition) is 3. The lowest BCUT2D eigenvalue weighted by Crippen LogP contribution is -2.54. The molecule has 0 aliphatic carbocycles. The average molecular weight is 300 g/mol. The molecule has 0 rings (SSSR count). The molecule has 0 radical (unpaired) electrons. The van der Waals surface area contributed by atoms with E-state index < -0.39 is 11.5 Å². The molecular formula is C16H32N2O3. The Morgan fingerprint density at radius 3 is 1.81 bits per heavy atom. The third kappa shape index (κ3) is 6.46. The summed E-state index contributed by atoms with van der Waals surface area (Å²) in [5.41, 5.74) is -0.989. The van der Waals surface area contributed by atoms with Crippen LogP contribution in [0.3, 0.4) is 0 Å². The summed E-state index contributed by atoms with van der Waals surface area (Å²) in [7, 11) is 0. The molecule has 5 heteroatoms. The molecule has 0 aromatic carbocycles. The summed E-state index contributed by atoms with van der Waals surface area (Å²) in [6.07, 6.45) is 5.01. The van der Waals surface area contributed by atoms with Crippen LogP contribution < -0.4 is 5.32 Å². The number of nitrogens with one attached hydrogen (secondary N) is 1. The van der Waals surface area contributed by atoms with E-state index in [0.29, 0.717) is 12.8 Å². The van der Waals surface area contributed by atoms with E-state index in [9.17, 15) is 14.7 Å². The second-order valence-corrected chi connectivity index (χ2v) is 5.54. The zero-order valence-electron chi connectivity index (χ0n) is 14.1. The summed E-state index contributed by atoms with van der Waals surface area (Å²) in [5, 5.41) is 12.3. The molecule has 0 spiro atoms. The number of rotatable bonds is 12. The van der Waals surface area contributed by atoms with Crippen LogP contribution in [-0.4, -0.2) is 47.1 Å². The number of carboxylic acid groups (broad SMARTS) is 1. The predicted octanol–water partition coefficient (Wildman–Crippen LogP) is 2.65. The lowest BCUT2D eigenvalue weighted by molar-refractivity contribution is -0.145. The monoisotopic (exact) mass is 300 g/mol. The lowest BCUT2D eigenvalue weighted by atomic mass is 9.93.